The van der Waals surface area contributed by atoms with Gasteiger partial charge in [0.15, 0.2) is 12.1 Å². The molecule has 0 atom stereocenters. The number of benzene rings is 1. The lowest BCUT2D eigenvalue weighted by atomic mass is 10.2. The molecule has 4 heteroatoms. The van der Waals surface area contributed by atoms with Crippen LogP contribution in [0.1, 0.15) is 10.5 Å². The Balaban J connectivity index is 2.83. The molecule has 0 aliphatic carbocycles. The molecule has 1 N–H and O–H groups in total. The van der Waals surface area contributed by atoms with Gasteiger partial charge in [-0.3, -0.25) is 4.79 Å². The molecule has 0 bridgehead atoms. The van der Waals surface area contributed by atoms with Gasteiger partial charge in [-0.15, -0.1) is 0 Å². The van der Waals surface area contributed by atoms with Crippen molar-refractivity contribution < 1.29 is 9.18 Å². The maximum atomic E-state index is 13.3. The maximum Gasteiger partial charge on any atom is 0.166 e. The van der Waals surface area contributed by atoms with E-state index in [4.69, 9.17) is 11.6 Å². The Morgan fingerprint density at radius 2 is 2.23 bits per heavy atom. The molecule has 13 heavy (non-hydrogen) atoms. The third kappa shape index (κ3) is 1.21. The number of hydrogen-bond donors (Lipinski definition) is 1. The average Bonchev–Trinajstić information content (AvgIpc) is 2.55. The van der Waals surface area contributed by atoms with Crippen LogP contribution in [0, 0.1) is 5.82 Å². The first-order valence-electron chi connectivity index (χ1n) is 3.64. The number of aldehydes is 1. The number of carbonyl (C=O) groups excluding carboxylic acids is 1. The number of hydrogen-bond acceptors (Lipinski definition) is 1. The Morgan fingerprint density at radius 1 is 1.46 bits per heavy atom. The normalized spacial score (nSPS) is 10.6. The second-order valence-electron chi connectivity index (χ2n) is 2.67. The predicted molar refractivity (Wildman–Crippen MR) is 48.7 cm³/mol. The fraction of sp³-hybridized carbons (Fsp3) is 0. The first-order valence-corrected chi connectivity index (χ1v) is 4.02. The SMILES string of the molecule is O=Cc1cc2c(F)c(Cl)ccc2[nH]1. The van der Waals surface area contributed by atoms with Gasteiger partial charge in [-0.05, 0) is 18.2 Å². The van der Waals surface area contributed by atoms with Gasteiger partial charge in [-0.25, -0.2) is 4.39 Å². The van der Waals surface area contributed by atoms with Gasteiger partial charge in [0.05, 0.1) is 10.7 Å². The summed E-state index contributed by atoms with van der Waals surface area (Å²) in [5.41, 5.74) is 0.917. The average molecular weight is 198 g/mol. The van der Waals surface area contributed by atoms with Crippen molar-refractivity contribution in [2.45, 2.75) is 0 Å². The van der Waals surface area contributed by atoms with Crippen molar-refractivity contribution in [3.05, 3.63) is 34.7 Å². The first kappa shape index (κ1) is 8.26. The van der Waals surface area contributed by atoms with Crippen LogP contribution >= 0.6 is 11.6 Å². The third-order valence-corrected chi connectivity index (χ3v) is 2.13. The Morgan fingerprint density at radius 3 is 2.92 bits per heavy atom. The van der Waals surface area contributed by atoms with Gasteiger partial charge in [0.1, 0.15) is 0 Å². The molecule has 0 spiro atoms. The molecule has 1 aromatic heterocycles. The van der Waals surface area contributed by atoms with Gasteiger partial charge in [-0.1, -0.05) is 11.6 Å². The van der Waals surface area contributed by atoms with Crippen molar-refractivity contribution in [2.24, 2.45) is 0 Å². The monoisotopic (exact) mass is 197 g/mol. The molecule has 1 aromatic carbocycles. The summed E-state index contributed by atoms with van der Waals surface area (Å²) in [6, 6.07) is 4.52. The van der Waals surface area contributed by atoms with Gasteiger partial charge in [0.25, 0.3) is 0 Å². The molecule has 1 heterocycles. The largest absolute Gasteiger partial charge is 0.352 e. The van der Waals surface area contributed by atoms with Crippen molar-refractivity contribution >= 4 is 28.8 Å². The molecular weight excluding hydrogens is 193 g/mol. The van der Waals surface area contributed by atoms with Crippen LogP contribution in [0.4, 0.5) is 4.39 Å². The standard InChI is InChI=1S/C9H5ClFNO/c10-7-1-2-8-6(9(7)11)3-5(4-13)12-8/h1-4,12H. The van der Waals surface area contributed by atoms with E-state index in [0.717, 1.165) is 0 Å². The Kier molecular flexibility index (Phi) is 1.81. The van der Waals surface area contributed by atoms with E-state index in [1.807, 2.05) is 0 Å². The van der Waals surface area contributed by atoms with Crippen molar-refractivity contribution in [2.75, 3.05) is 0 Å². The smallest absolute Gasteiger partial charge is 0.166 e. The lowest BCUT2D eigenvalue weighted by molar-refractivity contribution is 0.112. The molecular formula is C9H5ClFNO. The highest BCUT2D eigenvalue weighted by atomic mass is 35.5. The molecule has 2 aromatic rings. The summed E-state index contributed by atoms with van der Waals surface area (Å²) in [5.74, 6) is -0.497. The van der Waals surface area contributed by atoms with E-state index < -0.39 is 5.82 Å². The highest BCUT2D eigenvalue weighted by Crippen LogP contribution is 2.24. The molecule has 66 valence electrons. The number of H-pyrrole nitrogens is 1. The van der Waals surface area contributed by atoms with Gasteiger partial charge < -0.3 is 4.98 Å². The zero-order valence-electron chi connectivity index (χ0n) is 6.47. The summed E-state index contributed by atoms with van der Waals surface area (Å²) in [7, 11) is 0. The number of carbonyl (C=O) groups is 1. The summed E-state index contributed by atoms with van der Waals surface area (Å²) in [5, 5.41) is 0.401. The number of aromatic nitrogens is 1. The summed E-state index contributed by atoms with van der Waals surface area (Å²) in [4.78, 5) is 13.1. The zero-order chi connectivity index (χ0) is 9.42. The van der Waals surface area contributed by atoms with Crippen LogP contribution in [0.15, 0.2) is 18.2 Å². The number of aromatic amines is 1. The van der Waals surface area contributed by atoms with Gasteiger partial charge in [0, 0.05) is 10.9 Å². The molecule has 2 rings (SSSR count). The molecule has 0 radical (unpaired) electrons. The fourth-order valence-corrected chi connectivity index (χ4v) is 1.39. The van der Waals surface area contributed by atoms with E-state index >= 15 is 0 Å². The molecule has 0 saturated heterocycles. The van der Waals surface area contributed by atoms with Crippen LogP contribution in [0.2, 0.25) is 5.02 Å². The number of fused-ring (bicyclic) bond motifs is 1. The fourth-order valence-electron chi connectivity index (χ4n) is 1.23. The van der Waals surface area contributed by atoms with Crippen LogP contribution in [0.5, 0.6) is 0 Å². The number of nitrogens with one attached hydrogen (secondary N) is 1. The Bertz CT molecular complexity index is 478. The van der Waals surface area contributed by atoms with Crippen LogP contribution in [0.3, 0.4) is 0 Å². The van der Waals surface area contributed by atoms with E-state index in [-0.39, 0.29) is 5.02 Å². The molecule has 0 unspecified atom stereocenters. The molecule has 2 nitrogen and oxygen atoms in total. The summed E-state index contributed by atoms with van der Waals surface area (Å²) >= 11 is 5.56. The van der Waals surface area contributed by atoms with E-state index in [9.17, 15) is 9.18 Å². The van der Waals surface area contributed by atoms with Gasteiger partial charge in [-0.2, -0.15) is 0 Å². The van der Waals surface area contributed by atoms with Crippen LogP contribution in [-0.2, 0) is 0 Å². The second-order valence-corrected chi connectivity index (χ2v) is 3.07. The molecule has 0 saturated carbocycles. The second kappa shape index (κ2) is 2.85. The third-order valence-electron chi connectivity index (χ3n) is 1.84. The summed E-state index contributed by atoms with van der Waals surface area (Å²) in [6.07, 6.45) is 0.632. The quantitative estimate of drug-likeness (QED) is 0.701. The first-order chi connectivity index (χ1) is 6.22. The zero-order valence-corrected chi connectivity index (χ0v) is 7.23. The van der Waals surface area contributed by atoms with Crippen LogP contribution in [-0.4, -0.2) is 11.3 Å². The summed E-state index contributed by atoms with van der Waals surface area (Å²) < 4.78 is 13.3. The van der Waals surface area contributed by atoms with Gasteiger partial charge >= 0.3 is 0 Å². The highest BCUT2D eigenvalue weighted by Gasteiger charge is 2.07. The number of rotatable bonds is 1. The minimum atomic E-state index is -0.497. The van der Waals surface area contributed by atoms with Crippen molar-refractivity contribution in [3.63, 3.8) is 0 Å². The molecule has 0 fully saturated rings. The van der Waals surface area contributed by atoms with Crippen molar-refractivity contribution in [1.29, 1.82) is 0 Å². The molecule has 0 aliphatic rings. The topological polar surface area (TPSA) is 32.9 Å². The predicted octanol–water partition coefficient (Wildman–Crippen LogP) is 2.77. The molecule has 0 amide bonds. The Labute approximate surface area is 78.3 Å². The van der Waals surface area contributed by atoms with E-state index in [1.54, 1.807) is 6.07 Å². The maximum absolute atomic E-state index is 13.3. The Hall–Kier alpha value is -1.35. The van der Waals surface area contributed by atoms with Crippen LogP contribution < -0.4 is 0 Å². The highest BCUT2D eigenvalue weighted by molar-refractivity contribution is 6.31. The lowest BCUT2D eigenvalue weighted by Gasteiger charge is -1.93. The molecule has 0 aliphatic heterocycles. The minimum Gasteiger partial charge on any atom is -0.352 e. The minimum absolute atomic E-state index is 0.0592. The van der Waals surface area contributed by atoms with Crippen molar-refractivity contribution in [1.82, 2.24) is 4.98 Å². The number of halogens is 2. The summed E-state index contributed by atoms with van der Waals surface area (Å²) in [6.45, 7) is 0. The van der Waals surface area contributed by atoms with Crippen molar-refractivity contribution in [3.8, 4) is 0 Å². The van der Waals surface area contributed by atoms with Crippen LogP contribution in [0.25, 0.3) is 10.9 Å². The van der Waals surface area contributed by atoms with E-state index in [2.05, 4.69) is 4.98 Å². The van der Waals surface area contributed by atoms with E-state index in [1.165, 1.54) is 12.1 Å². The lowest BCUT2D eigenvalue weighted by Crippen LogP contribution is -1.77. The van der Waals surface area contributed by atoms with E-state index in [0.29, 0.717) is 22.9 Å². The van der Waals surface area contributed by atoms with Gasteiger partial charge in [0.2, 0.25) is 0 Å².